The topological polar surface area (TPSA) is 116 Å². The summed E-state index contributed by atoms with van der Waals surface area (Å²) in [5.41, 5.74) is 5.00. The van der Waals surface area contributed by atoms with Crippen molar-refractivity contribution in [1.29, 1.82) is 0 Å². The van der Waals surface area contributed by atoms with Gasteiger partial charge in [0, 0.05) is 25.8 Å². The molecular formula is C31H29ClN4O6S. The van der Waals surface area contributed by atoms with E-state index in [1.807, 2.05) is 6.07 Å². The monoisotopic (exact) mass is 620 g/mol. The molecule has 0 saturated carbocycles. The van der Waals surface area contributed by atoms with Crippen LogP contribution in [-0.2, 0) is 24.4 Å². The summed E-state index contributed by atoms with van der Waals surface area (Å²) in [6, 6.07) is 10.4. The van der Waals surface area contributed by atoms with Crippen LogP contribution in [0, 0.1) is 0 Å². The average Bonchev–Trinajstić information content (AvgIpc) is 3.52. The molecule has 1 N–H and O–H groups in total. The smallest absolute Gasteiger partial charge is 0.335 e. The second-order valence-corrected chi connectivity index (χ2v) is 12.5. The van der Waals surface area contributed by atoms with Gasteiger partial charge in [-0.25, -0.2) is 14.8 Å². The average molecular weight is 621 g/mol. The Morgan fingerprint density at radius 2 is 2.07 bits per heavy atom. The molecule has 0 bridgehead atoms. The molecule has 0 radical (unpaired) electrons. The number of carboxylic acid groups (broad SMARTS) is 1. The molecule has 3 aliphatic heterocycles. The summed E-state index contributed by atoms with van der Waals surface area (Å²) in [5.74, 6) is 1.13. The van der Waals surface area contributed by atoms with Crippen molar-refractivity contribution in [2.24, 2.45) is 0 Å². The van der Waals surface area contributed by atoms with E-state index < -0.39 is 5.97 Å². The fourth-order valence-electron chi connectivity index (χ4n) is 5.73. The lowest BCUT2D eigenvalue weighted by molar-refractivity contribution is -0.0592. The van der Waals surface area contributed by atoms with Crippen molar-refractivity contribution in [3.8, 4) is 11.6 Å². The number of Topliss-reactive ketones (excluding diaryl/α,β-unsaturated/α-hetero) is 1. The van der Waals surface area contributed by atoms with Gasteiger partial charge in [-0.05, 0) is 61.2 Å². The molecule has 1 saturated heterocycles. The first-order valence-corrected chi connectivity index (χ1v) is 15.4. The second-order valence-electron chi connectivity index (χ2n) is 11.0. The summed E-state index contributed by atoms with van der Waals surface area (Å²) in [5, 5.41) is 10.1. The van der Waals surface area contributed by atoms with Crippen LogP contribution in [-0.4, -0.2) is 68.7 Å². The highest BCUT2D eigenvalue weighted by molar-refractivity contribution is 7.14. The van der Waals surface area contributed by atoms with E-state index in [0.29, 0.717) is 42.0 Å². The van der Waals surface area contributed by atoms with Crippen molar-refractivity contribution in [1.82, 2.24) is 19.4 Å². The highest BCUT2D eigenvalue weighted by Crippen LogP contribution is 2.38. The number of carbonyl (C=O) groups is 2. The highest BCUT2D eigenvalue weighted by Gasteiger charge is 2.29. The molecule has 10 nitrogen and oxygen atoms in total. The van der Waals surface area contributed by atoms with Crippen molar-refractivity contribution in [3.05, 3.63) is 73.8 Å². The van der Waals surface area contributed by atoms with Gasteiger partial charge in [-0.1, -0.05) is 11.6 Å². The van der Waals surface area contributed by atoms with Crippen molar-refractivity contribution in [3.63, 3.8) is 0 Å². The number of aromatic nitrogens is 3. The number of rotatable bonds is 9. The SMILES string of the molecule is CC(=O)c1cc(Cl)c(COc2ccc3c(n2)C2=C(CO3)CN(Cc3nc4ccc(C(=O)O)cc4n3C[C@@H]3CCO3)CC2)s1. The van der Waals surface area contributed by atoms with Crippen molar-refractivity contribution in [2.75, 3.05) is 26.3 Å². The minimum absolute atomic E-state index is 0.0232. The van der Waals surface area contributed by atoms with Crippen LogP contribution in [0.5, 0.6) is 11.6 Å². The standard InChI is InChI=1S/C31H29ClN4O6S/c1-17(37)26-11-22(32)27(43-26)16-42-29-5-4-25-30(34-29)21-6-8-35(12-19(21)15-41-25)14-28-33-23-3-2-18(31(38)39)10-24(23)36(28)13-20-7-9-40-20/h2-5,10-11,20H,6-9,12-16H2,1H3,(H,38,39)/t20-/m0/s1. The molecule has 6 heterocycles. The number of imidazole rings is 1. The Balaban J connectivity index is 1.10. The van der Waals surface area contributed by atoms with Crippen LogP contribution in [0.4, 0.5) is 0 Å². The Hall–Kier alpha value is -3.77. The van der Waals surface area contributed by atoms with Crippen LogP contribution in [0.2, 0.25) is 5.02 Å². The van der Waals surface area contributed by atoms with Crippen molar-refractivity contribution in [2.45, 2.75) is 45.6 Å². The number of halogens is 1. The Bertz CT molecular complexity index is 1790. The number of fused-ring (bicyclic) bond motifs is 3. The molecule has 0 amide bonds. The van der Waals surface area contributed by atoms with Crippen LogP contribution >= 0.6 is 22.9 Å². The van der Waals surface area contributed by atoms with E-state index in [1.165, 1.54) is 29.4 Å². The van der Waals surface area contributed by atoms with Gasteiger partial charge in [0.25, 0.3) is 0 Å². The third-order valence-electron chi connectivity index (χ3n) is 8.11. The number of nitrogens with zero attached hydrogens (tertiary/aromatic N) is 4. The lowest BCUT2D eigenvalue weighted by Gasteiger charge is -2.34. The molecule has 3 aromatic heterocycles. The number of carbonyl (C=O) groups excluding carboxylic acids is 1. The molecule has 3 aliphatic rings. The van der Waals surface area contributed by atoms with Gasteiger partial charge < -0.3 is 23.9 Å². The Kier molecular flexibility index (Phi) is 7.42. The van der Waals surface area contributed by atoms with Crippen LogP contribution in [0.25, 0.3) is 16.6 Å². The van der Waals surface area contributed by atoms with Gasteiger partial charge >= 0.3 is 5.97 Å². The Labute approximate surface area is 256 Å². The number of hydrogen-bond acceptors (Lipinski definition) is 9. The molecule has 1 atom stereocenters. The predicted octanol–water partition coefficient (Wildman–Crippen LogP) is 5.47. The summed E-state index contributed by atoms with van der Waals surface area (Å²) in [7, 11) is 0. The highest BCUT2D eigenvalue weighted by atomic mass is 35.5. The molecule has 7 rings (SSSR count). The molecule has 0 aliphatic carbocycles. The molecule has 4 aromatic rings. The first-order valence-electron chi connectivity index (χ1n) is 14.2. The van der Waals surface area contributed by atoms with E-state index >= 15 is 0 Å². The van der Waals surface area contributed by atoms with E-state index in [9.17, 15) is 14.7 Å². The second kappa shape index (κ2) is 11.4. The number of hydrogen-bond donors (Lipinski definition) is 1. The first kappa shape index (κ1) is 28.0. The summed E-state index contributed by atoms with van der Waals surface area (Å²) >= 11 is 7.64. The van der Waals surface area contributed by atoms with Crippen LogP contribution < -0.4 is 9.47 Å². The molecule has 12 heteroatoms. The van der Waals surface area contributed by atoms with Gasteiger partial charge in [-0.2, -0.15) is 0 Å². The van der Waals surface area contributed by atoms with Crippen LogP contribution in [0.3, 0.4) is 0 Å². The zero-order valence-electron chi connectivity index (χ0n) is 23.5. The molecular weight excluding hydrogens is 592 g/mol. The fourth-order valence-corrected chi connectivity index (χ4v) is 6.94. The van der Waals surface area contributed by atoms with Crippen LogP contribution in [0.15, 0.2) is 42.0 Å². The molecule has 222 valence electrons. The van der Waals surface area contributed by atoms with Gasteiger partial charge in [0.15, 0.2) is 5.78 Å². The molecule has 1 aromatic carbocycles. The van der Waals surface area contributed by atoms with Crippen LogP contribution in [0.1, 0.15) is 56.2 Å². The normalized spacial score (nSPS) is 18.1. The Morgan fingerprint density at radius 3 is 2.81 bits per heavy atom. The van der Waals surface area contributed by atoms with Gasteiger partial charge in [0.1, 0.15) is 30.5 Å². The van der Waals surface area contributed by atoms with Crippen molar-refractivity contribution < 1.29 is 28.9 Å². The van der Waals surface area contributed by atoms with E-state index in [1.54, 1.807) is 30.3 Å². The van der Waals surface area contributed by atoms with Gasteiger partial charge in [-0.15, -0.1) is 11.3 Å². The fraction of sp³-hybridized carbons (Fsp3) is 0.355. The molecule has 0 spiro atoms. The minimum atomic E-state index is -0.955. The maximum Gasteiger partial charge on any atom is 0.335 e. The van der Waals surface area contributed by atoms with E-state index in [2.05, 4.69) is 9.47 Å². The number of carboxylic acids is 1. The maximum absolute atomic E-state index is 11.7. The quantitative estimate of drug-likeness (QED) is 0.243. The number of ketones is 1. The summed E-state index contributed by atoms with van der Waals surface area (Å²) < 4.78 is 19.9. The lowest BCUT2D eigenvalue weighted by atomic mass is 9.95. The van der Waals surface area contributed by atoms with Crippen molar-refractivity contribution >= 4 is 51.3 Å². The zero-order valence-corrected chi connectivity index (χ0v) is 25.0. The third kappa shape index (κ3) is 5.53. The van der Waals surface area contributed by atoms with E-state index in [0.717, 1.165) is 59.2 Å². The molecule has 43 heavy (non-hydrogen) atoms. The van der Waals surface area contributed by atoms with Gasteiger partial charge in [0.05, 0.1) is 50.6 Å². The number of thiophene rings is 1. The molecule has 0 unspecified atom stereocenters. The maximum atomic E-state index is 11.7. The summed E-state index contributed by atoms with van der Waals surface area (Å²) in [4.78, 5) is 36.8. The summed E-state index contributed by atoms with van der Waals surface area (Å²) in [6.07, 6.45) is 1.89. The lowest BCUT2D eigenvalue weighted by Crippen LogP contribution is -2.36. The number of aromatic carboxylic acids is 1. The first-order chi connectivity index (χ1) is 20.8. The molecule has 1 fully saturated rings. The minimum Gasteiger partial charge on any atom is -0.487 e. The predicted molar refractivity (Wildman–Crippen MR) is 161 cm³/mol. The summed E-state index contributed by atoms with van der Waals surface area (Å²) in [6.45, 7) is 5.78. The third-order valence-corrected chi connectivity index (χ3v) is 9.77. The van der Waals surface area contributed by atoms with Gasteiger partial charge in [-0.3, -0.25) is 9.69 Å². The van der Waals surface area contributed by atoms with E-state index in [4.69, 9.17) is 35.8 Å². The number of pyridine rings is 1. The van der Waals surface area contributed by atoms with E-state index in [-0.39, 0.29) is 24.1 Å². The largest absolute Gasteiger partial charge is 0.487 e. The number of ether oxygens (including phenoxy) is 3. The Morgan fingerprint density at radius 1 is 1.21 bits per heavy atom. The number of benzene rings is 1. The van der Waals surface area contributed by atoms with Gasteiger partial charge in [0.2, 0.25) is 5.88 Å². The zero-order chi connectivity index (χ0) is 29.7.